The van der Waals surface area contributed by atoms with Gasteiger partial charge in [-0.2, -0.15) is 15.0 Å². The molecule has 0 spiro atoms. The van der Waals surface area contributed by atoms with E-state index in [1.54, 1.807) is 6.33 Å². The largest absolute Gasteiger partial charge is 0.378 e. The van der Waals surface area contributed by atoms with Gasteiger partial charge in [-0.3, -0.25) is 4.57 Å². The Morgan fingerprint density at radius 3 is 2.27 bits per heavy atom. The van der Waals surface area contributed by atoms with Gasteiger partial charge < -0.3 is 19.3 Å². The van der Waals surface area contributed by atoms with Crippen molar-refractivity contribution >= 4 is 22.9 Å². The van der Waals surface area contributed by atoms with Gasteiger partial charge in [0.05, 0.1) is 30.9 Å². The summed E-state index contributed by atoms with van der Waals surface area (Å²) >= 11 is 0. The van der Waals surface area contributed by atoms with Crippen LogP contribution in [-0.4, -0.2) is 70.7 Å². The van der Waals surface area contributed by atoms with Crippen LogP contribution in [0.5, 0.6) is 0 Å². The third-order valence-corrected chi connectivity index (χ3v) is 4.60. The lowest BCUT2D eigenvalue weighted by molar-refractivity contribution is 0.122. The van der Waals surface area contributed by atoms with Gasteiger partial charge in [-0.1, -0.05) is 12.1 Å². The number of fused-ring (bicyclic) bond motifs is 1. The first-order chi connectivity index (χ1) is 12.9. The molecule has 2 aromatic heterocycles. The number of hydrogen-bond acceptors (Lipinski definition) is 8. The van der Waals surface area contributed by atoms with Crippen LogP contribution in [0.2, 0.25) is 0 Å². The molecule has 3 aromatic rings. The Morgan fingerprint density at radius 2 is 1.46 bits per heavy atom. The highest BCUT2D eigenvalue weighted by molar-refractivity contribution is 5.76. The highest BCUT2D eigenvalue weighted by atomic mass is 16.5. The molecule has 0 bridgehead atoms. The second-order valence-corrected chi connectivity index (χ2v) is 6.24. The van der Waals surface area contributed by atoms with E-state index in [1.165, 1.54) is 0 Å². The number of aromatic nitrogens is 5. The van der Waals surface area contributed by atoms with Crippen molar-refractivity contribution in [3.05, 3.63) is 30.6 Å². The molecule has 9 heteroatoms. The van der Waals surface area contributed by atoms with E-state index in [2.05, 4.69) is 14.9 Å². The summed E-state index contributed by atoms with van der Waals surface area (Å²) in [6.45, 7) is 4.85. The second kappa shape index (κ2) is 6.50. The fourth-order valence-electron chi connectivity index (χ4n) is 3.19. The Kier molecular flexibility index (Phi) is 3.87. The number of para-hydroxylation sites is 2. The van der Waals surface area contributed by atoms with Crippen LogP contribution >= 0.6 is 0 Å². The molecule has 2 saturated heterocycles. The molecule has 2 fully saturated rings. The summed E-state index contributed by atoms with van der Waals surface area (Å²) in [5, 5.41) is 0. The minimum Gasteiger partial charge on any atom is -0.378 e. The van der Waals surface area contributed by atoms with Crippen molar-refractivity contribution in [3.63, 3.8) is 0 Å². The third kappa shape index (κ3) is 2.74. The van der Waals surface area contributed by atoms with Crippen molar-refractivity contribution in [1.82, 2.24) is 24.5 Å². The number of benzene rings is 1. The summed E-state index contributed by atoms with van der Waals surface area (Å²) in [5.41, 5.74) is 1.88. The number of imidazole rings is 1. The zero-order valence-corrected chi connectivity index (χ0v) is 14.3. The molecule has 0 N–H and O–H groups in total. The summed E-state index contributed by atoms with van der Waals surface area (Å²) in [5.74, 6) is 1.86. The van der Waals surface area contributed by atoms with E-state index in [4.69, 9.17) is 19.4 Å². The van der Waals surface area contributed by atoms with Crippen LogP contribution in [0.1, 0.15) is 0 Å². The number of nitrogens with zero attached hydrogens (tertiary/aromatic N) is 7. The molecule has 134 valence electrons. The van der Waals surface area contributed by atoms with Gasteiger partial charge in [0.2, 0.25) is 17.8 Å². The molecule has 0 radical (unpaired) electrons. The summed E-state index contributed by atoms with van der Waals surface area (Å²) in [6, 6.07) is 7.95. The van der Waals surface area contributed by atoms with Gasteiger partial charge in [-0.15, -0.1) is 0 Å². The maximum Gasteiger partial charge on any atom is 0.242 e. The smallest absolute Gasteiger partial charge is 0.242 e. The van der Waals surface area contributed by atoms with Gasteiger partial charge in [0.1, 0.15) is 13.1 Å². The van der Waals surface area contributed by atoms with Crippen LogP contribution in [0.3, 0.4) is 0 Å². The molecule has 2 aliphatic rings. The number of rotatable bonds is 3. The van der Waals surface area contributed by atoms with Gasteiger partial charge in [-0.05, 0) is 12.1 Å². The average Bonchev–Trinajstić information content (AvgIpc) is 3.38. The molecule has 1 aromatic carbocycles. The van der Waals surface area contributed by atoms with Gasteiger partial charge in [0.15, 0.2) is 0 Å². The van der Waals surface area contributed by atoms with E-state index >= 15 is 0 Å². The van der Waals surface area contributed by atoms with Crippen molar-refractivity contribution in [2.45, 2.75) is 0 Å². The molecular formula is C17H19N7O2. The Bertz CT molecular complexity index is 916. The first-order valence-corrected chi connectivity index (χ1v) is 8.72. The highest BCUT2D eigenvalue weighted by Gasteiger charge is 2.22. The lowest BCUT2D eigenvalue weighted by atomic mass is 10.3. The van der Waals surface area contributed by atoms with Crippen molar-refractivity contribution in [3.8, 4) is 5.95 Å². The van der Waals surface area contributed by atoms with E-state index in [0.29, 0.717) is 44.4 Å². The van der Waals surface area contributed by atoms with Crippen LogP contribution in [0.15, 0.2) is 30.6 Å². The van der Waals surface area contributed by atoms with Gasteiger partial charge in [0.25, 0.3) is 0 Å². The molecule has 5 rings (SSSR count). The molecule has 4 heterocycles. The monoisotopic (exact) mass is 353 g/mol. The predicted octanol–water partition coefficient (Wildman–Crippen LogP) is 0.841. The second-order valence-electron chi connectivity index (χ2n) is 6.24. The number of anilines is 2. The van der Waals surface area contributed by atoms with Gasteiger partial charge >= 0.3 is 0 Å². The lowest BCUT2D eigenvalue weighted by Crippen LogP contribution is -2.38. The van der Waals surface area contributed by atoms with Gasteiger partial charge in [0, 0.05) is 19.6 Å². The molecule has 9 nitrogen and oxygen atoms in total. The molecule has 0 unspecified atom stereocenters. The summed E-state index contributed by atoms with van der Waals surface area (Å²) in [4.78, 5) is 22.7. The standard InChI is InChI=1S/C17H19N7O2/c1-2-4-14-13(3-1)18-11-24(14)17-20-15(22-5-8-25-9-6-22)19-16(21-17)23-7-10-26-12-23/h1-4,11H,5-10,12H2. The Balaban J connectivity index is 1.62. The SMILES string of the molecule is c1ccc2c(c1)ncn2-c1nc(N2CCOCC2)nc(N2CCOC2)n1. The van der Waals surface area contributed by atoms with Crippen LogP contribution in [0, 0.1) is 0 Å². The minimum atomic E-state index is 0.497. The van der Waals surface area contributed by atoms with E-state index in [-0.39, 0.29) is 0 Å². The summed E-state index contributed by atoms with van der Waals surface area (Å²) < 4.78 is 12.8. The van der Waals surface area contributed by atoms with Crippen molar-refractivity contribution < 1.29 is 9.47 Å². The molecule has 26 heavy (non-hydrogen) atoms. The van der Waals surface area contributed by atoms with E-state index in [1.807, 2.05) is 33.7 Å². The van der Waals surface area contributed by atoms with Crippen LogP contribution in [0.25, 0.3) is 17.0 Å². The minimum absolute atomic E-state index is 0.497. The van der Waals surface area contributed by atoms with Crippen LogP contribution in [0.4, 0.5) is 11.9 Å². The fourth-order valence-corrected chi connectivity index (χ4v) is 3.19. The molecule has 2 aliphatic heterocycles. The molecule has 0 saturated carbocycles. The van der Waals surface area contributed by atoms with E-state index in [0.717, 1.165) is 30.7 Å². The zero-order chi connectivity index (χ0) is 17.3. The topological polar surface area (TPSA) is 81.4 Å². The van der Waals surface area contributed by atoms with E-state index in [9.17, 15) is 0 Å². The molecule has 0 atom stereocenters. The maximum absolute atomic E-state index is 5.47. The van der Waals surface area contributed by atoms with E-state index < -0.39 is 0 Å². The third-order valence-electron chi connectivity index (χ3n) is 4.60. The molecule has 0 amide bonds. The maximum atomic E-state index is 5.47. The lowest BCUT2D eigenvalue weighted by Gasteiger charge is -2.27. The number of hydrogen-bond donors (Lipinski definition) is 0. The fraction of sp³-hybridized carbons (Fsp3) is 0.412. The van der Waals surface area contributed by atoms with Gasteiger partial charge in [-0.25, -0.2) is 4.98 Å². The Labute approximate surface area is 150 Å². The zero-order valence-electron chi connectivity index (χ0n) is 14.3. The predicted molar refractivity (Wildman–Crippen MR) is 95.7 cm³/mol. The quantitative estimate of drug-likeness (QED) is 0.685. The van der Waals surface area contributed by atoms with Crippen molar-refractivity contribution in [1.29, 1.82) is 0 Å². The molecule has 0 aliphatic carbocycles. The number of morpholine rings is 1. The molecular weight excluding hydrogens is 334 g/mol. The summed E-state index contributed by atoms with van der Waals surface area (Å²) in [6.07, 6.45) is 1.76. The van der Waals surface area contributed by atoms with Crippen LogP contribution < -0.4 is 9.80 Å². The normalized spacial score (nSPS) is 18.0. The average molecular weight is 353 g/mol. The van der Waals surface area contributed by atoms with Crippen molar-refractivity contribution in [2.75, 3.05) is 56.0 Å². The van der Waals surface area contributed by atoms with Crippen molar-refractivity contribution in [2.24, 2.45) is 0 Å². The summed E-state index contributed by atoms with van der Waals surface area (Å²) in [7, 11) is 0. The first kappa shape index (κ1) is 15.5. The Morgan fingerprint density at radius 1 is 0.769 bits per heavy atom. The number of ether oxygens (including phenoxy) is 2. The Hall–Kier alpha value is -2.78. The highest BCUT2D eigenvalue weighted by Crippen LogP contribution is 2.21. The van der Waals surface area contributed by atoms with Crippen LogP contribution in [-0.2, 0) is 9.47 Å². The first-order valence-electron chi connectivity index (χ1n) is 8.72.